The minimum Gasteiger partial charge on any atom is -0.494 e. The Bertz CT molecular complexity index is 2350. The number of aromatic nitrogens is 5. The van der Waals surface area contributed by atoms with Crippen LogP contribution in [0.15, 0.2) is 48.8 Å². The summed E-state index contributed by atoms with van der Waals surface area (Å²) in [6, 6.07) is 11.8. The molecule has 4 aliphatic rings. The molecule has 4 aliphatic heterocycles. The average Bonchev–Trinajstić information content (AvgIpc) is 3.84. The van der Waals surface area contributed by atoms with Crippen molar-refractivity contribution >= 4 is 52.4 Å². The number of carbonyl (C=O) groups is 5. The van der Waals surface area contributed by atoms with Crippen LogP contribution in [0.2, 0.25) is 0 Å². The highest BCUT2D eigenvalue weighted by molar-refractivity contribution is 6.23. The average molecular weight is 862 g/mol. The third kappa shape index (κ3) is 9.63. The van der Waals surface area contributed by atoms with Crippen molar-refractivity contribution in [2.24, 2.45) is 13.0 Å². The third-order valence-electron chi connectivity index (χ3n) is 12.5. The molecule has 6 heterocycles. The molecule has 0 spiro atoms. The topological polar surface area (TPSA) is 212 Å². The number of hydrogen-bond acceptors (Lipinski definition) is 15. The second-order valence-corrected chi connectivity index (χ2v) is 16.5. The van der Waals surface area contributed by atoms with Crippen LogP contribution in [0.4, 0.5) is 22.9 Å². The molecule has 8 rings (SSSR count). The molecule has 0 aliphatic carbocycles. The molecule has 19 nitrogen and oxygen atoms in total. The molecular formula is C44H55N13O6. The summed E-state index contributed by atoms with van der Waals surface area (Å²) in [6.45, 7) is 8.43. The molecule has 63 heavy (non-hydrogen) atoms. The van der Waals surface area contributed by atoms with Gasteiger partial charge in [0, 0.05) is 65.0 Å². The number of anilines is 4. The van der Waals surface area contributed by atoms with Crippen molar-refractivity contribution in [2.75, 3.05) is 88.6 Å². The maximum Gasteiger partial charge on any atom is 0.273 e. The molecule has 5 amide bonds. The molecule has 0 bridgehead atoms. The van der Waals surface area contributed by atoms with Crippen molar-refractivity contribution in [3.8, 4) is 17.1 Å². The van der Waals surface area contributed by atoms with Gasteiger partial charge in [-0.15, -0.1) is 10.2 Å². The van der Waals surface area contributed by atoms with Gasteiger partial charge >= 0.3 is 0 Å². The molecule has 3 saturated heterocycles. The number of amides is 5. The second-order valence-electron chi connectivity index (χ2n) is 16.5. The maximum absolute atomic E-state index is 13.3. The molecule has 3 fully saturated rings. The Kier molecular flexibility index (Phi) is 13.2. The molecule has 1 atom stereocenters. The maximum atomic E-state index is 13.3. The van der Waals surface area contributed by atoms with Crippen LogP contribution in [-0.4, -0.2) is 148 Å². The van der Waals surface area contributed by atoms with E-state index in [0.717, 1.165) is 81.7 Å². The van der Waals surface area contributed by atoms with Crippen molar-refractivity contribution in [1.29, 1.82) is 0 Å². The van der Waals surface area contributed by atoms with Gasteiger partial charge in [-0.2, -0.15) is 5.10 Å². The van der Waals surface area contributed by atoms with Crippen molar-refractivity contribution in [3.05, 3.63) is 65.6 Å². The number of carbonyl (C=O) groups excluding carboxylic acids is 5. The largest absolute Gasteiger partial charge is 0.494 e. The number of fused-ring (bicyclic) bond motifs is 1. The SMILES string of the molecule is CNC(=O)c1nnc(NCCCN2CCC(CCCN3CCN(c4ccc5c(c4)C(=O)N(C4CCC(=O)NC4=O)C5=O)CC3)CC2)cc1Nc1cccc(-c2ncn(C)n2)c1OC. The van der Waals surface area contributed by atoms with E-state index >= 15 is 0 Å². The minimum absolute atomic E-state index is 0.0962. The van der Waals surface area contributed by atoms with E-state index in [2.05, 4.69) is 56.2 Å². The number of nitrogens with one attached hydrogen (secondary N) is 4. The molecule has 4 N–H and O–H groups in total. The Morgan fingerprint density at radius 2 is 1.62 bits per heavy atom. The highest BCUT2D eigenvalue weighted by Crippen LogP contribution is 2.37. The van der Waals surface area contributed by atoms with Crippen LogP contribution in [0.5, 0.6) is 5.75 Å². The molecule has 4 aromatic rings. The Morgan fingerprint density at radius 3 is 2.35 bits per heavy atom. The van der Waals surface area contributed by atoms with Crippen molar-refractivity contribution in [3.63, 3.8) is 0 Å². The number of hydrogen-bond donors (Lipinski definition) is 4. The summed E-state index contributed by atoms with van der Waals surface area (Å²) in [4.78, 5) is 75.9. The monoisotopic (exact) mass is 861 g/mol. The number of aryl methyl sites for hydroxylation is 1. The number of rotatable bonds is 16. The molecular weight excluding hydrogens is 807 g/mol. The number of ether oxygens (including phenoxy) is 1. The summed E-state index contributed by atoms with van der Waals surface area (Å²) < 4.78 is 7.39. The van der Waals surface area contributed by atoms with Gasteiger partial charge in [0.1, 0.15) is 12.4 Å². The van der Waals surface area contributed by atoms with Gasteiger partial charge < -0.3 is 30.5 Å². The zero-order chi connectivity index (χ0) is 44.0. The quantitative estimate of drug-likeness (QED) is 0.0943. The number of methoxy groups -OCH3 is 1. The van der Waals surface area contributed by atoms with Gasteiger partial charge in [0.05, 0.1) is 35.2 Å². The van der Waals surface area contributed by atoms with Gasteiger partial charge in [-0.25, -0.2) is 4.98 Å². The Balaban J connectivity index is 0.743. The van der Waals surface area contributed by atoms with Crippen LogP contribution in [0.3, 0.4) is 0 Å². The van der Waals surface area contributed by atoms with Crippen molar-refractivity contribution in [2.45, 2.75) is 51.0 Å². The number of benzene rings is 2. The Labute approximate surface area is 365 Å². The number of piperidine rings is 2. The highest BCUT2D eigenvalue weighted by atomic mass is 16.5. The summed E-state index contributed by atoms with van der Waals surface area (Å²) in [7, 11) is 4.94. The lowest BCUT2D eigenvalue weighted by atomic mass is 9.92. The first-order chi connectivity index (χ1) is 30.6. The number of likely N-dealkylation sites (tertiary alicyclic amines) is 1. The Hall–Kier alpha value is -6.47. The summed E-state index contributed by atoms with van der Waals surface area (Å²) in [5.74, 6) is 0.0329. The lowest BCUT2D eigenvalue weighted by Crippen LogP contribution is -2.54. The van der Waals surface area contributed by atoms with Crippen molar-refractivity contribution in [1.82, 2.24) is 50.3 Å². The van der Waals surface area contributed by atoms with Crippen LogP contribution in [0.1, 0.15) is 76.2 Å². The van der Waals surface area contributed by atoms with Crippen LogP contribution >= 0.6 is 0 Å². The summed E-state index contributed by atoms with van der Waals surface area (Å²) >= 11 is 0. The van der Waals surface area contributed by atoms with E-state index in [1.165, 1.54) is 19.3 Å². The Morgan fingerprint density at radius 1 is 0.857 bits per heavy atom. The number of para-hydroxylation sites is 1. The fraction of sp³-hybridized carbons (Fsp3) is 0.477. The van der Waals surface area contributed by atoms with Crippen LogP contribution in [0.25, 0.3) is 11.4 Å². The predicted octanol–water partition coefficient (Wildman–Crippen LogP) is 2.90. The second kappa shape index (κ2) is 19.3. The standard InChI is InChI=1S/C44H55N13O6/c1-45-42(60)38-34(48-33-9-4-8-31(39(33)63-3)40-47-27-53(2)52-40)26-36(50-51-38)46-16-6-18-54-19-14-28(15-20-54)7-5-17-55-21-23-56(24-22-55)29-10-11-30-32(25-29)44(62)57(43(30)61)35-12-13-37(58)49-41(35)59/h4,8-11,25-28,35H,5-7,12-24H2,1-3H3,(H,45,60)(H2,46,48,50)(H,49,58,59). The smallest absolute Gasteiger partial charge is 0.273 e. The van der Waals surface area contributed by atoms with Gasteiger partial charge in [-0.05, 0) is 101 Å². The normalized spacial score (nSPS) is 18.7. The van der Waals surface area contributed by atoms with Gasteiger partial charge in [0.15, 0.2) is 23.1 Å². The summed E-state index contributed by atoms with van der Waals surface area (Å²) in [5, 5.41) is 24.6. The molecule has 332 valence electrons. The molecule has 19 heteroatoms. The predicted molar refractivity (Wildman–Crippen MR) is 235 cm³/mol. The zero-order valence-corrected chi connectivity index (χ0v) is 36.1. The fourth-order valence-corrected chi connectivity index (χ4v) is 9.01. The lowest BCUT2D eigenvalue weighted by Gasteiger charge is -2.37. The van der Waals surface area contributed by atoms with E-state index in [-0.39, 0.29) is 30.3 Å². The fourth-order valence-electron chi connectivity index (χ4n) is 9.01. The first-order valence-corrected chi connectivity index (χ1v) is 21.8. The summed E-state index contributed by atoms with van der Waals surface area (Å²) in [6.07, 6.45) is 7.58. The van der Waals surface area contributed by atoms with Gasteiger partial charge in [-0.3, -0.25) is 43.8 Å². The molecule has 0 saturated carbocycles. The van der Waals surface area contributed by atoms with E-state index < -0.39 is 23.8 Å². The number of imide groups is 2. The van der Waals surface area contributed by atoms with E-state index in [4.69, 9.17) is 4.74 Å². The lowest BCUT2D eigenvalue weighted by molar-refractivity contribution is -0.136. The van der Waals surface area contributed by atoms with Crippen LogP contribution < -0.4 is 30.9 Å². The number of piperazine rings is 1. The van der Waals surface area contributed by atoms with E-state index in [1.807, 2.05) is 24.3 Å². The molecule has 1 unspecified atom stereocenters. The summed E-state index contributed by atoms with van der Waals surface area (Å²) in [5.41, 5.74) is 3.50. The van der Waals surface area contributed by atoms with E-state index in [9.17, 15) is 24.0 Å². The van der Waals surface area contributed by atoms with Gasteiger partial charge in [-0.1, -0.05) is 6.07 Å². The minimum atomic E-state index is -0.966. The van der Waals surface area contributed by atoms with Crippen molar-refractivity contribution < 1.29 is 28.7 Å². The first kappa shape index (κ1) is 43.2. The molecule has 2 aromatic carbocycles. The molecule has 2 aromatic heterocycles. The number of nitrogens with zero attached hydrogens (tertiary/aromatic N) is 9. The van der Waals surface area contributed by atoms with E-state index in [0.29, 0.717) is 52.0 Å². The van der Waals surface area contributed by atoms with Crippen LogP contribution in [-0.2, 0) is 16.6 Å². The third-order valence-corrected chi connectivity index (χ3v) is 12.5. The van der Waals surface area contributed by atoms with Gasteiger partial charge in [0.2, 0.25) is 11.8 Å². The van der Waals surface area contributed by atoms with Gasteiger partial charge in [0.25, 0.3) is 17.7 Å². The molecule has 0 radical (unpaired) electrons. The first-order valence-electron chi connectivity index (χ1n) is 21.8. The zero-order valence-electron chi connectivity index (χ0n) is 36.1. The van der Waals surface area contributed by atoms with E-state index in [1.54, 1.807) is 50.4 Å². The van der Waals surface area contributed by atoms with Crippen LogP contribution in [0, 0.1) is 5.92 Å². The highest BCUT2D eigenvalue weighted by Gasteiger charge is 2.45.